The average molecular weight is 883 g/mol. The van der Waals surface area contributed by atoms with Gasteiger partial charge >= 0.3 is 0 Å². The molecule has 0 aromatic heterocycles. The molecule has 6 aromatic carbocycles. The van der Waals surface area contributed by atoms with Crippen molar-refractivity contribution >= 4 is 0 Å². The molecule has 2 aliphatic heterocycles. The molecule has 10 unspecified atom stereocenters. The van der Waals surface area contributed by atoms with Gasteiger partial charge < -0.3 is 52.8 Å². The van der Waals surface area contributed by atoms with E-state index in [1.807, 2.05) is 182 Å². The number of rotatable bonds is 22. The number of benzene rings is 6. The van der Waals surface area contributed by atoms with E-state index in [1.54, 1.807) is 0 Å². The van der Waals surface area contributed by atoms with Crippen molar-refractivity contribution in [2.24, 2.45) is 0 Å². The lowest BCUT2D eigenvalue weighted by Gasteiger charge is -2.48. The van der Waals surface area contributed by atoms with Crippen LogP contribution < -0.4 is 0 Å². The Morgan fingerprint density at radius 1 is 0.338 bits per heavy atom. The first-order chi connectivity index (χ1) is 32.1. The Kier molecular flexibility index (Phi) is 17.4. The van der Waals surface area contributed by atoms with Gasteiger partial charge in [-0.2, -0.15) is 0 Å². The van der Waals surface area contributed by atoms with Crippen molar-refractivity contribution in [3.63, 3.8) is 0 Å². The van der Waals surface area contributed by atoms with Crippen LogP contribution in [0.4, 0.5) is 0 Å². The second-order valence-corrected chi connectivity index (χ2v) is 16.2. The molecule has 2 saturated heterocycles. The third-order valence-electron chi connectivity index (χ3n) is 11.4. The van der Waals surface area contributed by atoms with Gasteiger partial charge in [0.15, 0.2) is 12.6 Å². The van der Waals surface area contributed by atoms with E-state index in [-0.39, 0.29) is 39.6 Å². The molecular weight excluding hydrogens is 825 g/mol. The summed E-state index contributed by atoms with van der Waals surface area (Å²) in [6, 6.07) is 58.7. The zero-order valence-corrected chi connectivity index (χ0v) is 36.3. The van der Waals surface area contributed by atoms with E-state index in [0.29, 0.717) is 13.2 Å². The zero-order chi connectivity index (χ0) is 44.5. The van der Waals surface area contributed by atoms with E-state index in [2.05, 4.69) is 0 Å². The molecule has 0 amide bonds. The molecular formula is C54H58O11. The number of aliphatic hydroxyl groups is 2. The molecule has 0 spiro atoms. The molecule has 2 N–H and O–H groups in total. The van der Waals surface area contributed by atoms with Crippen LogP contribution in [0, 0.1) is 0 Å². The van der Waals surface area contributed by atoms with Crippen LogP contribution in [0.15, 0.2) is 182 Å². The summed E-state index contributed by atoms with van der Waals surface area (Å²) in [5.74, 6) is 0. The first kappa shape index (κ1) is 46.4. The first-order valence-corrected chi connectivity index (χ1v) is 22.3. The number of ether oxygens (including phenoxy) is 9. The summed E-state index contributed by atoms with van der Waals surface area (Å²) in [6.45, 7) is 1.60. The maximum atomic E-state index is 12.4. The number of hydrogen-bond acceptors (Lipinski definition) is 11. The summed E-state index contributed by atoms with van der Waals surface area (Å²) in [5, 5.41) is 24.4. The molecule has 65 heavy (non-hydrogen) atoms. The second kappa shape index (κ2) is 24.4. The highest BCUT2D eigenvalue weighted by molar-refractivity contribution is 5.18. The molecule has 6 aromatic rings. The predicted molar refractivity (Wildman–Crippen MR) is 243 cm³/mol. The minimum atomic E-state index is -1.54. The third-order valence-corrected chi connectivity index (χ3v) is 11.4. The summed E-state index contributed by atoms with van der Waals surface area (Å²) < 4.78 is 59.0. The Hall–Kier alpha value is -5.12. The maximum absolute atomic E-state index is 12.4. The molecule has 0 saturated carbocycles. The van der Waals surface area contributed by atoms with Gasteiger partial charge in [0.25, 0.3) is 0 Å². The van der Waals surface area contributed by atoms with Crippen molar-refractivity contribution in [3.05, 3.63) is 215 Å². The quantitative estimate of drug-likeness (QED) is 0.0691. The van der Waals surface area contributed by atoms with Gasteiger partial charge in [0.1, 0.15) is 48.8 Å². The van der Waals surface area contributed by atoms with Crippen LogP contribution in [0.3, 0.4) is 0 Å². The van der Waals surface area contributed by atoms with Crippen LogP contribution in [0.5, 0.6) is 0 Å². The molecule has 0 aliphatic carbocycles. The number of hydrogen-bond donors (Lipinski definition) is 2. The Bertz CT molecular complexity index is 2210. The molecule has 2 heterocycles. The first-order valence-electron chi connectivity index (χ1n) is 22.3. The molecule has 2 fully saturated rings. The van der Waals surface area contributed by atoms with E-state index in [9.17, 15) is 10.2 Å². The Morgan fingerprint density at radius 3 is 1.03 bits per heavy atom. The van der Waals surface area contributed by atoms with Gasteiger partial charge in [-0.05, 0) is 33.4 Å². The highest BCUT2D eigenvalue weighted by Gasteiger charge is 2.53. The van der Waals surface area contributed by atoms with Gasteiger partial charge in [-0.25, -0.2) is 0 Å². The molecule has 0 bridgehead atoms. The normalized spacial score (nSPS) is 25.6. The molecule has 11 nitrogen and oxygen atoms in total. The van der Waals surface area contributed by atoms with Crippen molar-refractivity contribution in [1.29, 1.82) is 0 Å². The molecule has 2 aliphatic rings. The monoisotopic (exact) mass is 882 g/mol. The van der Waals surface area contributed by atoms with Crippen LogP contribution in [-0.2, 0) is 82.3 Å². The van der Waals surface area contributed by atoms with Gasteiger partial charge in [-0.1, -0.05) is 182 Å². The van der Waals surface area contributed by atoms with Crippen molar-refractivity contribution < 1.29 is 52.8 Å². The predicted octanol–water partition coefficient (Wildman–Crippen LogP) is 7.95. The Morgan fingerprint density at radius 2 is 0.646 bits per heavy atom. The molecule has 340 valence electrons. The van der Waals surface area contributed by atoms with Crippen LogP contribution in [-0.4, -0.2) is 84.8 Å². The van der Waals surface area contributed by atoms with Crippen LogP contribution >= 0.6 is 0 Å². The summed E-state index contributed by atoms with van der Waals surface area (Å²) >= 11 is 0. The lowest BCUT2D eigenvalue weighted by molar-refractivity contribution is -0.375. The van der Waals surface area contributed by atoms with E-state index in [4.69, 9.17) is 42.6 Å². The minimum absolute atomic E-state index is 0.0768. The maximum Gasteiger partial charge on any atom is 0.187 e. The number of aliphatic hydroxyl groups excluding tert-OH is 2. The topological polar surface area (TPSA) is 124 Å². The van der Waals surface area contributed by atoms with E-state index >= 15 is 0 Å². The lowest BCUT2D eigenvalue weighted by Crippen LogP contribution is -2.65. The highest BCUT2D eigenvalue weighted by atomic mass is 16.7. The van der Waals surface area contributed by atoms with E-state index in [1.165, 1.54) is 0 Å². The van der Waals surface area contributed by atoms with Gasteiger partial charge in [0, 0.05) is 0 Å². The van der Waals surface area contributed by atoms with Crippen molar-refractivity contribution in [2.45, 2.75) is 101 Å². The average Bonchev–Trinajstić information content (AvgIpc) is 3.35. The Balaban J connectivity index is 1.09. The second-order valence-electron chi connectivity index (χ2n) is 16.2. The zero-order valence-electron chi connectivity index (χ0n) is 36.3. The molecule has 0 radical (unpaired) electrons. The Labute approximate surface area is 381 Å². The van der Waals surface area contributed by atoms with Crippen molar-refractivity contribution in [1.82, 2.24) is 0 Å². The fourth-order valence-corrected chi connectivity index (χ4v) is 8.05. The highest BCUT2D eigenvalue weighted by Crippen LogP contribution is 2.35. The summed E-state index contributed by atoms with van der Waals surface area (Å²) in [5.41, 5.74) is 5.67. The summed E-state index contributed by atoms with van der Waals surface area (Å²) in [4.78, 5) is 0. The minimum Gasteiger partial charge on any atom is -0.385 e. The van der Waals surface area contributed by atoms with E-state index < -0.39 is 61.4 Å². The van der Waals surface area contributed by atoms with E-state index in [0.717, 1.165) is 33.4 Å². The molecule has 10 atom stereocenters. The van der Waals surface area contributed by atoms with Crippen molar-refractivity contribution in [2.75, 3.05) is 13.2 Å². The standard InChI is InChI=1S/C54H58O11/c55-47-50(61-35-43-27-15-5-16-28-43)48(59-33-41-23-11-3-12-24-41)46(38-58-32-40-21-9-2-10-22-40)64-54(47)65-52-51(62-36-44-29-17-6-18-30-44)49(60-34-42-25-13-4-14-26-42)45(63-53(52)56)37-57-31-39-19-7-1-8-20-39/h1-30,45-56H,31-38H2. The largest absolute Gasteiger partial charge is 0.385 e. The lowest BCUT2D eigenvalue weighted by atomic mass is 9.96. The van der Waals surface area contributed by atoms with Gasteiger partial charge in [-0.15, -0.1) is 0 Å². The van der Waals surface area contributed by atoms with Crippen LogP contribution in [0.2, 0.25) is 0 Å². The van der Waals surface area contributed by atoms with Gasteiger partial charge in [0.05, 0.1) is 52.9 Å². The molecule has 8 rings (SSSR count). The SMILES string of the molecule is OC1OC(COCc2ccccc2)C(OCc2ccccc2)C(OCc2ccccc2)C1OC1OC(COCc2ccccc2)C(OCc2ccccc2)C(OCc2ccccc2)C1O. The molecule has 11 heteroatoms. The summed E-state index contributed by atoms with van der Waals surface area (Å²) in [6.07, 6.45) is -10.6. The summed E-state index contributed by atoms with van der Waals surface area (Å²) in [7, 11) is 0. The fraction of sp³-hybridized carbons (Fsp3) is 0.333. The van der Waals surface area contributed by atoms with Gasteiger partial charge in [0.2, 0.25) is 0 Å². The smallest absolute Gasteiger partial charge is 0.187 e. The van der Waals surface area contributed by atoms with Crippen LogP contribution in [0.25, 0.3) is 0 Å². The fourth-order valence-electron chi connectivity index (χ4n) is 8.05. The van der Waals surface area contributed by atoms with Crippen molar-refractivity contribution in [3.8, 4) is 0 Å². The third kappa shape index (κ3) is 13.5. The van der Waals surface area contributed by atoms with Gasteiger partial charge in [-0.3, -0.25) is 0 Å². The van der Waals surface area contributed by atoms with Crippen LogP contribution in [0.1, 0.15) is 33.4 Å².